The van der Waals surface area contributed by atoms with Gasteiger partial charge in [0.25, 0.3) is 5.79 Å². The molecule has 0 aliphatic carbocycles. The third kappa shape index (κ3) is 5.94. The lowest BCUT2D eigenvalue weighted by atomic mass is 10.4. The molecule has 6 heteroatoms. The van der Waals surface area contributed by atoms with E-state index in [-0.39, 0.29) is 0 Å². The molecule has 0 aromatic rings. The Morgan fingerprint density at radius 3 is 1.55 bits per heavy atom. The second-order valence-corrected chi connectivity index (χ2v) is 2.70. The largest absolute Gasteiger partial charge is 0.411 e. The average Bonchev–Trinajstić information content (AvgIpc) is 1.53. The number of carbonyl (C=O) groups is 2. The van der Waals surface area contributed by atoms with Gasteiger partial charge in [0.05, 0.1) is 0 Å². The number of ether oxygens (including phenoxy) is 2. The Bertz CT molecular complexity index is 159. The fraction of sp³-hybridized carbons (Fsp3) is 0.600. The molecule has 0 N–H and O–H groups in total. The summed E-state index contributed by atoms with van der Waals surface area (Å²) in [5, 5.41) is 0. The first kappa shape index (κ1) is 10.5. The Morgan fingerprint density at radius 2 is 1.36 bits per heavy atom. The van der Waals surface area contributed by atoms with Crippen LogP contribution >= 0.6 is 23.2 Å². The molecule has 0 atom stereocenters. The van der Waals surface area contributed by atoms with E-state index < -0.39 is 16.6 Å². The van der Waals surface area contributed by atoms with E-state index in [1.165, 1.54) is 13.8 Å². The molecule has 0 rings (SSSR count). The van der Waals surface area contributed by atoms with Gasteiger partial charge in [-0.1, -0.05) is 0 Å². The zero-order valence-corrected chi connectivity index (χ0v) is 7.40. The molecule has 64 valence electrons. The van der Waals surface area contributed by atoms with Crippen molar-refractivity contribution in [1.82, 2.24) is 0 Å². The van der Waals surface area contributed by atoms with Crippen LogP contribution in [0.1, 0.15) is 13.8 Å². The van der Waals surface area contributed by atoms with Gasteiger partial charge in [-0.15, -0.1) is 0 Å². The molecule has 0 aliphatic rings. The van der Waals surface area contributed by atoms with Crippen LogP contribution in [0.2, 0.25) is 0 Å². The summed E-state index contributed by atoms with van der Waals surface area (Å²) < 4.78 is 8.70. The molecule has 0 saturated carbocycles. The van der Waals surface area contributed by atoms with Crippen LogP contribution in [0.5, 0.6) is 0 Å². The molecule has 0 aromatic carbocycles. The fourth-order valence-electron chi connectivity index (χ4n) is 0.407. The van der Waals surface area contributed by atoms with E-state index >= 15 is 0 Å². The summed E-state index contributed by atoms with van der Waals surface area (Å²) in [7, 11) is 0. The Kier molecular flexibility index (Phi) is 3.62. The van der Waals surface area contributed by atoms with Gasteiger partial charge in [0.1, 0.15) is 0 Å². The summed E-state index contributed by atoms with van der Waals surface area (Å²) in [5.41, 5.74) is -2.12. The number of halogens is 2. The van der Waals surface area contributed by atoms with Crippen molar-refractivity contribution in [3.8, 4) is 0 Å². The molecule has 0 radical (unpaired) electrons. The van der Waals surface area contributed by atoms with Gasteiger partial charge in [-0.2, -0.15) is 0 Å². The predicted molar refractivity (Wildman–Crippen MR) is 38.7 cm³/mol. The smallest absolute Gasteiger partial charge is 0.407 e. The van der Waals surface area contributed by atoms with E-state index in [1.54, 1.807) is 0 Å². The van der Waals surface area contributed by atoms with Crippen LogP contribution < -0.4 is 0 Å². The van der Waals surface area contributed by atoms with Crippen molar-refractivity contribution in [2.24, 2.45) is 0 Å². The van der Waals surface area contributed by atoms with Crippen molar-refractivity contribution in [1.29, 1.82) is 0 Å². The third-order valence-electron chi connectivity index (χ3n) is 0.652. The highest BCUT2D eigenvalue weighted by atomic mass is 35.5. The molecule has 4 nitrogen and oxygen atoms in total. The van der Waals surface area contributed by atoms with Crippen molar-refractivity contribution in [2.75, 3.05) is 0 Å². The second kappa shape index (κ2) is 3.78. The van der Waals surface area contributed by atoms with E-state index in [2.05, 4.69) is 9.47 Å². The standard InChI is InChI=1S/C5H6Cl2O4/c1-5(2,10-3(6)8)11-4(7)9/h1-2H3. The zero-order chi connectivity index (χ0) is 9.07. The molecule has 0 saturated heterocycles. The van der Waals surface area contributed by atoms with Crippen molar-refractivity contribution in [3.05, 3.63) is 0 Å². The molecule has 0 aliphatic heterocycles. The van der Waals surface area contributed by atoms with Crippen molar-refractivity contribution >= 4 is 34.1 Å². The molecule has 0 amide bonds. The summed E-state index contributed by atoms with van der Waals surface area (Å²) >= 11 is 9.70. The first-order valence-electron chi connectivity index (χ1n) is 2.60. The summed E-state index contributed by atoms with van der Waals surface area (Å²) in [5.74, 6) is -1.42. The maximum Gasteiger partial charge on any atom is 0.407 e. The third-order valence-corrected chi connectivity index (χ3v) is 0.806. The molecule has 0 bridgehead atoms. The minimum Gasteiger partial charge on any atom is -0.411 e. The lowest BCUT2D eigenvalue weighted by Crippen LogP contribution is -2.30. The maximum absolute atomic E-state index is 10.1. The van der Waals surface area contributed by atoms with Gasteiger partial charge >= 0.3 is 10.9 Å². The average molecular weight is 201 g/mol. The fourth-order valence-corrected chi connectivity index (χ4v) is 0.779. The van der Waals surface area contributed by atoms with Gasteiger partial charge in [-0.3, -0.25) is 0 Å². The van der Waals surface area contributed by atoms with Crippen LogP contribution in [-0.2, 0) is 9.47 Å². The molecule has 0 aromatic heterocycles. The van der Waals surface area contributed by atoms with Crippen LogP contribution in [0.3, 0.4) is 0 Å². The number of hydrogen-bond acceptors (Lipinski definition) is 4. The van der Waals surface area contributed by atoms with E-state index in [1.807, 2.05) is 0 Å². The maximum atomic E-state index is 10.1. The monoisotopic (exact) mass is 200 g/mol. The first-order chi connectivity index (χ1) is 4.83. The SMILES string of the molecule is CC(C)(OC(=O)Cl)OC(=O)Cl. The lowest BCUT2D eigenvalue weighted by molar-refractivity contribution is -0.120. The van der Waals surface area contributed by atoms with Crippen LogP contribution in [-0.4, -0.2) is 16.6 Å². The van der Waals surface area contributed by atoms with Crippen molar-refractivity contribution in [2.45, 2.75) is 19.6 Å². The van der Waals surface area contributed by atoms with Crippen LogP contribution in [0, 0.1) is 0 Å². The van der Waals surface area contributed by atoms with E-state index in [0.717, 1.165) is 0 Å². The summed E-state index contributed by atoms with van der Waals surface area (Å²) in [4.78, 5) is 20.3. The minimum atomic E-state index is -1.42. The zero-order valence-electron chi connectivity index (χ0n) is 5.89. The van der Waals surface area contributed by atoms with Gasteiger partial charge in [0, 0.05) is 37.0 Å². The Morgan fingerprint density at radius 1 is 1.09 bits per heavy atom. The molecule has 0 unspecified atom stereocenters. The van der Waals surface area contributed by atoms with Gasteiger partial charge < -0.3 is 9.47 Å². The van der Waals surface area contributed by atoms with E-state index in [4.69, 9.17) is 23.2 Å². The van der Waals surface area contributed by atoms with Crippen molar-refractivity contribution in [3.63, 3.8) is 0 Å². The summed E-state index contributed by atoms with van der Waals surface area (Å²) in [6.07, 6.45) is 0. The van der Waals surface area contributed by atoms with Gasteiger partial charge in [0.15, 0.2) is 0 Å². The summed E-state index contributed by atoms with van der Waals surface area (Å²) in [6.45, 7) is 2.65. The Hall–Kier alpha value is -0.480. The predicted octanol–water partition coefficient (Wildman–Crippen LogP) is 2.47. The van der Waals surface area contributed by atoms with Gasteiger partial charge in [-0.25, -0.2) is 9.59 Å². The normalized spacial score (nSPS) is 10.5. The highest BCUT2D eigenvalue weighted by Crippen LogP contribution is 2.14. The summed E-state index contributed by atoms with van der Waals surface area (Å²) in [6, 6.07) is 0. The molecule has 0 heterocycles. The second-order valence-electron chi connectivity index (χ2n) is 2.08. The number of carbonyl (C=O) groups excluding carboxylic acids is 2. The highest BCUT2D eigenvalue weighted by molar-refractivity contribution is 6.61. The van der Waals surface area contributed by atoms with Crippen molar-refractivity contribution < 1.29 is 19.1 Å². The molecular weight excluding hydrogens is 195 g/mol. The van der Waals surface area contributed by atoms with Crippen LogP contribution in [0.4, 0.5) is 9.59 Å². The number of hydrogen-bond donors (Lipinski definition) is 0. The number of rotatable bonds is 2. The van der Waals surface area contributed by atoms with Gasteiger partial charge in [0.2, 0.25) is 0 Å². The van der Waals surface area contributed by atoms with E-state index in [0.29, 0.717) is 0 Å². The van der Waals surface area contributed by atoms with Crippen LogP contribution in [0.25, 0.3) is 0 Å². The minimum absolute atomic E-state index is 1.06. The highest BCUT2D eigenvalue weighted by Gasteiger charge is 2.25. The van der Waals surface area contributed by atoms with Gasteiger partial charge in [-0.05, 0) is 0 Å². The topological polar surface area (TPSA) is 52.6 Å². The van der Waals surface area contributed by atoms with Crippen LogP contribution in [0.15, 0.2) is 0 Å². The Labute approximate surface area is 73.4 Å². The first-order valence-corrected chi connectivity index (χ1v) is 3.36. The molecular formula is C5H6Cl2O4. The Balaban J connectivity index is 3.99. The van der Waals surface area contributed by atoms with E-state index in [9.17, 15) is 9.59 Å². The lowest BCUT2D eigenvalue weighted by Gasteiger charge is -2.21. The molecule has 0 fully saturated rings. The quantitative estimate of drug-likeness (QED) is 0.508. The molecule has 11 heavy (non-hydrogen) atoms. The molecule has 0 spiro atoms.